The zero-order valence-electron chi connectivity index (χ0n) is 16.1. The van der Waals surface area contributed by atoms with Gasteiger partial charge in [-0.1, -0.05) is 24.3 Å². The molecule has 0 spiro atoms. The van der Waals surface area contributed by atoms with Gasteiger partial charge in [-0.05, 0) is 36.2 Å². The molecule has 0 bridgehead atoms. The Morgan fingerprint density at radius 2 is 1.76 bits per heavy atom. The SMILES string of the molecule is Cn1c(=O)n(CC(=O)NCc2ccc(OCCCC(=O)O)cc2)c2ccccc21. The minimum absolute atomic E-state index is 0.0506. The number of carboxylic acids is 1. The Kier molecular flexibility index (Phi) is 6.33. The van der Waals surface area contributed by atoms with Gasteiger partial charge in [0.15, 0.2) is 0 Å². The molecule has 3 rings (SSSR count). The second-order valence-electron chi connectivity index (χ2n) is 6.68. The number of aliphatic carboxylic acids is 1. The largest absolute Gasteiger partial charge is 0.494 e. The van der Waals surface area contributed by atoms with E-state index in [-0.39, 0.29) is 24.6 Å². The number of carbonyl (C=O) groups excluding carboxylic acids is 1. The summed E-state index contributed by atoms with van der Waals surface area (Å²) in [6, 6.07) is 14.6. The smallest absolute Gasteiger partial charge is 0.329 e. The predicted octanol–water partition coefficient (Wildman–Crippen LogP) is 1.90. The molecule has 1 amide bonds. The fraction of sp³-hybridized carbons (Fsp3) is 0.286. The number of nitrogens with one attached hydrogen (secondary N) is 1. The van der Waals surface area contributed by atoms with E-state index >= 15 is 0 Å². The molecule has 2 N–H and O–H groups in total. The summed E-state index contributed by atoms with van der Waals surface area (Å²) in [5, 5.41) is 11.4. The number of hydrogen-bond acceptors (Lipinski definition) is 4. The van der Waals surface area contributed by atoms with Crippen molar-refractivity contribution >= 4 is 22.9 Å². The molecule has 0 radical (unpaired) electrons. The van der Waals surface area contributed by atoms with Crippen molar-refractivity contribution in [3.05, 3.63) is 64.6 Å². The van der Waals surface area contributed by atoms with Gasteiger partial charge in [-0.2, -0.15) is 0 Å². The maximum absolute atomic E-state index is 12.4. The van der Waals surface area contributed by atoms with Crippen LogP contribution in [0.15, 0.2) is 53.3 Å². The third-order valence-corrected chi connectivity index (χ3v) is 4.57. The lowest BCUT2D eigenvalue weighted by Crippen LogP contribution is -2.32. The molecule has 8 nitrogen and oxygen atoms in total. The summed E-state index contributed by atoms with van der Waals surface area (Å²) < 4.78 is 8.46. The molecule has 8 heteroatoms. The van der Waals surface area contributed by atoms with Crippen LogP contribution in [-0.4, -0.2) is 32.7 Å². The first-order chi connectivity index (χ1) is 14.0. The van der Waals surface area contributed by atoms with Crippen LogP contribution in [0.5, 0.6) is 5.75 Å². The maximum Gasteiger partial charge on any atom is 0.329 e. The monoisotopic (exact) mass is 397 g/mol. The van der Waals surface area contributed by atoms with Crippen LogP contribution in [0.2, 0.25) is 0 Å². The van der Waals surface area contributed by atoms with E-state index < -0.39 is 5.97 Å². The third-order valence-electron chi connectivity index (χ3n) is 4.57. The molecule has 3 aromatic rings. The van der Waals surface area contributed by atoms with Crippen molar-refractivity contribution in [2.45, 2.75) is 25.9 Å². The van der Waals surface area contributed by atoms with E-state index in [9.17, 15) is 14.4 Å². The first-order valence-corrected chi connectivity index (χ1v) is 9.30. The molecule has 0 aliphatic carbocycles. The minimum Gasteiger partial charge on any atom is -0.494 e. The lowest BCUT2D eigenvalue weighted by molar-refractivity contribution is -0.137. The Hall–Kier alpha value is -3.55. The molecule has 0 unspecified atom stereocenters. The van der Waals surface area contributed by atoms with Crippen LogP contribution in [0.4, 0.5) is 0 Å². The lowest BCUT2D eigenvalue weighted by atomic mass is 10.2. The van der Waals surface area contributed by atoms with E-state index in [4.69, 9.17) is 9.84 Å². The topological polar surface area (TPSA) is 103 Å². The van der Waals surface area contributed by atoms with E-state index in [1.165, 1.54) is 9.13 Å². The average Bonchev–Trinajstić information content (AvgIpc) is 2.95. The van der Waals surface area contributed by atoms with Crippen LogP contribution >= 0.6 is 0 Å². The molecule has 0 fully saturated rings. The van der Waals surface area contributed by atoms with Gasteiger partial charge in [0.25, 0.3) is 0 Å². The average molecular weight is 397 g/mol. The van der Waals surface area contributed by atoms with Gasteiger partial charge in [-0.25, -0.2) is 4.79 Å². The molecule has 152 valence electrons. The lowest BCUT2D eigenvalue weighted by Gasteiger charge is -2.08. The van der Waals surface area contributed by atoms with Crippen molar-refractivity contribution < 1.29 is 19.4 Å². The van der Waals surface area contributed by atoms with Gasteiger partial charge in [0.1, 0.15) is 12.3 Å². The Morgan fingerprint density at radius 3 is 2.45 bits per heavy atom. The number of benzene rings is 2. The van der Waals surface area contributed by atoms with Gasteiger partial charge in [0.05, 0.1) is 17.6 Å². The predicted molar refractivity (Wildman–Crippen MR) is 108 cm³/mol. The van der Waals surface area contributed by atoms with E-state index in [2.05, 4.69) is 5.32 Å². The van der Waals surface area contributed by atoms with Gasteiger partial charge in [0, 0.05) is 20.0 Å². The molecule has 1 aromatic heterocycles. The van der Waals surface area contributed by atoms with Gasteiger partial charge in [-0.15, -0.1) is 0 Å². The highest BCUT2D eigenvalue weighted by Gasteiger charge is 2.13. The number of carbonyl (C=O) groups is 2. The number of ether oxygens (including phenoxy) is 1. The first-order valence-electron chi connectivity index (χ1n) is 9.30. The van der Waals surface area contributed by atoms with Crippen LogP contribution < -0.4 is 15.7 Å². The summed E-state index contributed by atoms with van der Waals surface area (Å²) in [6.45, 7) is 0.616. The molecule has 0 saturated carbocycles. The Bertz CT molecular complexity index is 1070. The summed E-state index contributed by atoms with van der Waals surface area (Å²) in [5.41, 5.74) is 2.16. The number of hydrogen-bond donors (Lipinski definition) is 2. The summed E-state index contributed by atoms with van der Waals surface area (Å²) in [4.78, 5) is 35.2. The van der Waals surface area contributed by atoms with Crippen molar-refractivity contribution in [1.29, 1.82) is 0 Å². The number of imidazole rings is 1. The van der Waals surface area contributed by atoms with E-state index in [1.807, 2.05) is 36.4 Å². The van der Waals surface area contributed by atoms with Crippen molar-refractivity contribution in [3.8, 4) is 5.75 Å². The minimum atomic E-state index is -0.842. The summed E-state index contributed by atoms with van der Waals surface area (Å²) >= 11 is 0. The Labute approximate surface area is 167 Å². The fourth-order valence-corrected chi connectivity index (χ4v) is 3.03. The second-order valence-corrected chi connectivity index (χ2v) is 6.68. The third kappa shape index (κ3) is 5.04. The first kappa shape index (κ1) is 20.2. The molecule has 0 aliphatic rings. The highest BCUT2D eigenvalue weighted by atomic mass is 16.5. The highest BCUT2D eigenvalue weighted by Crippen LogP contribution is 2.13. The van der Waals surface area contributed by atoms with E-state index in [0.717, 1.165) is 16.6 Å². The zero-order chi connectivity index (χ0) is 20.8. The van der Waals surface area contributed by atoms with Crippen LogP contribution in [0.25, 0.3) is 11.0 Å². The number of aryl methyl sites for hydroxylation is 1. The van der Waals surface area contributed by atoms with E-state index in [1.54, 1.807) is 19.2 Å². The molecule has 0 atom stereocenters. The van der Waals surface area contributed by atoms with Crippen molar-refractivity contribution in [2.75, 3.05) is 6.61 Å². The van der Waals surface area contributed by atoms with Gasteiger partial charge in [0.2, 0.25) is 5.91 Å². The molecular formula is C21H23N3O5. The number of fused-ring (bicyclic) bond motifs is 1. The van der Waals surface area contributed by atoms with Crippen LogP contribution in [0.1, 0.15) is 18.4 Å². The van der Waals surface area contributed by atoms with Crippen LogP contribution in [-0.2, 0) is 29.7 Å². The Balaban J connectivity index is 1.53. The molecular weight excluding hydrogens is 374 g/mol. The van der Waals surface area contributed by atoms with Gasteiger partial charge < -0.3 is 15.2 Å². The number of carboxylic acid groups (broad SMARTS) is 1. The number of para-hydroxylation sites is 2. The highest BCUT2D eigenvalue weighted by molar-refractivity contribution is 5.80. The number of aromatic nitrogens is 2. The normalized spacial score (nSPS) is 10.8. The van der Waals surface area contributed by atoms with Crippen molar-refractivity contribution in [3.63, 3.8) is 0 Å². The molecule has 29 heavy (non-hydrogen) atoms. The summed E-state index contributed by atoms with van der Waals surface area (Å²) in [7, 11) is 1.68. The maximum atomic E-state index is 12.4. The number of nitrogens with zero attached hydrogens (tertiary/aromatic N) is 2. The quantitative estimate of drug-likeness (QED) is 0.537. The van der Waals surface area contributed by atoms with E-state index in [0.29, 0.717) is 25.3 Å². The summed E-state index contributed by atoms with van der Waals surface area (Å²) in [6.07, 6.45) is 0.518. The van der Waals surface area contributed by atoms with Gasteiger partial charge >= 0.3 is 11.7 Å². The zero-order valence-corrected chi connectivity index (χ0v) is 16.1. The van der Waals surface area contributed by atoms with Crippen LogP contribution in [0.3, 0.4) is 0 Å². The number of rotatable bonds is 9. The van der Waals surface area contributed by atoms with Crippen molar-refractivity contribution in [2.24, 2.45) is 7.05 Å². The summed E-state index contributed by atoms with van der Waals surface area (Å²) in [5.74, 6) is -0.448. The second kappa shape index (κ2) is 9.09. The molecule has 0 aliphatic heterocycles. The van der Waals surface area contributed by atoms with Crippen LogP contribution in [0, 0.1) is 0 Å². The van der Waals surface area contributed by atoms with Crippen molar-refractivity contribution in [1.82, 2.24) is 14.5 Å². The molecule has 0 saturated heterocycles. The van der Waals surface area contributed by atoms with Gasteiger partial charge in [-0.3, -0.25) is 18.7 Å². The molecule has 2 aromatic carbocycles. The standard InChI is InChI=1S/C21H23N3O5/c1-23-17-5-2-3-6-18(17)24(21(23)28)14-19(25)22-13-15-8-10-16(11-9-15)29-12-4-7-20(26)27/h2-3,5-6,8-11H,4,7,12-14H2,1H3,(H,22,25)(H,26,27). The fourth-order valence-electron chi connectivity index (χ4n) is 3.03. The molecule has 1 heterocycles. The number of amides is 1. The Morgan fingerprint density at radius 1 is 1.07 bits per heavy atom.